The van der Waals surface area contributed by atoms with Crippen LogP contribution in [0, 0.1) is 0 Å². The zero-order valence-corrected chi connectivity index (χ0v) is 11.6. The van der Waals surface area contributed by atoms with E-state index in [4.69, 9.17) is 9.84 Å². The Morgan fingerprint density at radius 2 is 2.15 bits per heavy atom. The van der Waals surface area contributed by atoms with Crippen LogP contribution in [0.2, 0.25) is 0 Å². The summed E-state index contributed by atoms with van der Waals surface area (Å²) in [5, 5.41) is 8.77. The Balaban J connectivity index is 1.54. The smallest absolute Gasteiger partial charge is 0.137 e. The number of nitrogens with zero attached hydrogens (tertiary/aromatic N) is 3. The van der Waals surface area contributed by atoms with E-state index in [0.29, 0.717) is 12.7 Å². The van der Waals surface area contributed by atoms with Gasteiger partial charge >= 0.3 is 0 Å². The van der Waals surface area contributed by atoms with Gasteiger partial charge in [0.05, 0.1) is 25.0 Å². The molecule has 3 heterocycles. The van der Waals surface area contributed by atoms with Gasteiger partial charge in [-0.3, -0.25) is 4.90 Å². The van der Waals surface area contributed by atoms with E-state index in [1.807, 2.05) is 24.4 Å². The first kappa shape index (κ1) is 13.5. The number of aliphatic hydroxyl groups excluding tert-OH is 1. The maximum absolute atomic E-state index is 8.77. The molecule has 0 amide bonds. The number of piperidine rings is 1. The monoisotopic (exact) mass is 275 g/mol. The van der Waals surface area contributed by atoms with E-state index < -0.39 is 0 Å². The summed E-state index contributed by atoms with van der Waals surface area (Å²) in [6.45, 7) is 3.53. The third-order valence-electron chi connectivity index (χ3n) is 3.78. The number of aromatic nitrogens is 2. The van der Waals surface area contributed by atoms with Gasteiger partial charge in [-0.05, 0) is 25.0 Å². The van der Waals surface area contributed by atoms with Crippen LogP contribution in [0.3, 0.4) is 0 Å². The molecule has 20 heavy (non-hydrogen) atoms. The van der Waals surface area contributed by atoms with Gasteiger partial charge in [0.1, 0.15) is 5.65 Å². The molecule has 0 unspecified atom stereocenters. The standard InChI is InChI=1S/C15H21N3O2/c19-9-10-20-14-4-7-17(8-5-14)11-13-12-18-6-2-1-3-15(18)16-13/h1-3,6,12,14,19H,4-5,7-11H2. The lowest BCUT2D eigenvalue weighted by Crippen LogP contribution is -2.37. The van der Waals surface area contributed by atoms with Gasteiger partial charge in [-0.1, -0.05) is 6.07 Å². The molecule has 0 aliphatic carbocycles. The van der Waals surface area contributed by atoms with E-state index in [-0.39, 0.29) is 6.61 Å². The number of aliphatic hydroxyl groups is 1. The highest BCUT2D eigenvalue weighted by Crippen LogP contribution is 2.16. The van der Waals surface area contributed by atoms with E-state index in [0.717, 1.165) is 43.8 Å². The van der Waals surface area contributed by atoms with E-state index in [9.17, 15) is 0 Å². The molecule has 0 bridgehead atoms. The molecule has 1 aliphatic heterocycles. The lowest BCUT2D eigenvalue weighted by Gasteiger charge is -2.31. The number of fused-ring (bicyclic) bond motifs is 1. The van der Waals surface area contributed by atoms with Crippen LogP contribution in [0.15, 0.2) is 30.6 Å². The van der Waals surface area contributed by atoms with Crippen LogP contribution >= 0.6 is 0 Å². The van der Waals surface area contributed by atoms with Crippen molar-refractivity contribution in [3.63, 3.8) is 0 Å². The minimum absolute atomic E-state index is 0.113. The molecule has 0 aromatic carbocycles. The SMILES string of the molecule is OCCOC1CCN(Cc2cn3ccccc3n2)CC1. The molecule has 0 spiro atoms. The molecule has 3 rings (SSSR count). The second-order valence-corrected chi connectivity index (χ2v) is 5.27. The Hall–Kier alpha value is -1.43. The van der Waals surface area contributed by atoms with Crippen molar-refractivity contribution in [1.29, 1.82) is 0 Å². The summed E-state index contributed by atoms with van der Waals surface area (Å²) in [7, 11) is 0. The summed E-state index contributed by atoms with van der Waals surface area (Å²) in [6.07, 6.45) is 6.50. The fourth-order valence-corrected chi connectivity index (χ4v) is 2.75. The molecule has 1 saturated heterocycles. The zero-order valence-electron chi connectivity index (χ0n) is 11.6. The number of likely N-dealkylation sites (tertiary alicyclic amines) is 1. The largest absolute Gasteiger partial charge is 0.394 e. The molecule has 5 nitrogen and oxygen atoms in total. The minimum Gasteiger partial charge on any atom is -0.394 e. The maximum Gasteiger partial charge on any atom is 0.137 e. The van der Waals surface area contributed by atoms with Gasteiger partial charge in [0, 0.05) is 32.0 Å². The van der Waals surface area contributed by atoms with Gasteiger partial charge in [-0.2, -0.15) is 0 Å². The van der Waals surface area contributed by atoms with Crippen LogP contribution in [0.25, 0.3) is 5.65 Å². The highest BCUT2D eigenvalue weighted by atomic mass is 16.5. The summed E-state index contributed by atoms with van der Waals surface area (Å²) in [5.74, 6) is 0. The van der Waals surface area contributed by atoms with Crippen LogP contribution < -0.4 is 0 Å². The highest BCUT2D eigenvalue weighted by Gasteiger charge is 2.20. The van der Waals surface area contributed by atoms with Crippen molar-refractivity contribution >= 4 is 5.65 Å². The lowest BCUT2D eigenvalue weighted by atomic mass is 10.1. The average Bonchev–Trinajstić information content (AvgIpc) is 2.89. The van der Waals surface area contributed by atoms with Crippen molar-refractivity contribution in [2.45, 2.75) is 25.5 Å². The summed E-state index contributed by atoms with van der Waals surface area (Å²) in [6, 6.07) is 6.05. The Morgan fingerprint density at radius 3 is 2.90 bits per heavy atom. The van der Waals surface area contributed by atoms with E-state index in [2.05, 4.69) is 20.5 Å². The van der Waals surface area contributed by atoms with Crippen molar-refractivity contribution in [2.24, 2.45) is 0 Å². The van der Waals surface area contributed by atoms with Crippen LogP contribution in [-0.2, 0) is 11.3 Å². The van der Waals surface area contributed by atoms with Gasteiger partial charge < -0.3 is 14.2 Å². The molecule has 108 valence electrons. The zero-order chi connectivity index (χ0) is 13.8. The second-order valence-electron chi connectivity index (χ2n) is 5.27. The first-order valence-electron chi connectivity index (χ1n) is 7.22. The van der Waals surface area contributed by atoms with E-state index in [1.165, 1.54) is 0 Å². The summed E-state index contributed by atoms with van der Waals surface area (Å²) in [5.41, 5.74) is 2.12. The van der Waals surface area contributed by atoms with E-state index >= 15 is 0 Å². The number of pyridine rings is 1. The molecular weight excluding hydrogens is 254 g/mol. The summed E-state index contributed by atoms with van der Waals surface area (Å²) in [4.78, 5) is 7.05. The highest BCUT2D eigenvalue weighted by molar-refractivity contribution is 5.39. The number of ether oxygens (including phenoxy) is 1. The second kappa shape index (κ2) is 6.35. The van der Waals surface area contributed by atoms with Crippen LogP contribution in [-0.4, -0.2) is 51.8 Å². The van der Waals surface area contributed by atoms with Crippen molar-refractivity contribution in [1.82, 2.24) is 14.3 Å². The number of hydrogen-bond donors (Lipinski definition) is 1. The molecule has 1 aliphatic rings. The number of rotatable bonds is 5. The fourth-order valence-electron chi connectivity index (χ4n) is 2.75. The molecule has 1 fully saturated rings. The fraction of sp³-hybridized carbons (Fsp3) is 0.533. The third-order valence-corrected chi connectivity index (χ3v) is 3.78. The van der Waals surface area contributed by atoms with Gasteiger partial charge in [0.25, 0.3) is 0 Å². The number of hydrogen-bond acceptors (Lipinski definition) is 4. The molecule has 1 N–H and O–H groups in total. The van der Waals surface area contributed by atoms with Crippen molar-refractivity contribution in [2.75, 3.05) is 26.3 Å². The quantitative estimate of drug-likeness (QED) is 0.894. The maximum atomic E-state index is 8.77. The van der Waals surface area contributed by atoms with Gasteiger partial charge in [-0.25, -0.2) is 4.98 Å². The Bertz CT molecular complexity index is 514. The van der Waals surface area contributed by atoms with Gasteiger partial charge in [0.15, 0.2) is 0 Å². The predicted octanol–water partition coefficient (Wildman–Crippen LogP) is 1.31. The molecule has 5 heteroatoms. The third kappa shape index (κ3) is 3.17. The minimum atomic E-state index is 0.113. The molecule has 2 aromatic heterocycles. The van der Waals surface area contributed by atoms with E-state index in [1.54, 1.807) is 0 Å². The molecular formula is C15H21N3O2. The predicted molar refractivity (Wildman–Crippen MR) is 76.5 cm³/mol. The molecule has 0 atom stereocenters. The van der Waals surface area contributed by atoms with Crippen molar-refractivity contribution in [3.8, 4) is 0 Å². The molecule has 2 aromatic rings. The summed E-state index contributed by atoms with van der Waals surface area (Å²) >= 11 is 0. The van der Waals surface area contributed by atoms with Crippen molar-refractivity contribution in [3.05, 3.63) is 36.3 Å². The van der Waals surface area contributed by atoms with Crippen LogP contribution in [0.5, 0.6) is 0 Å². The number of imidazole rings is 1. The topological polar surface area (TPSA) is 50.0 Å². The Kier molecular flexibility index (Phi) is 4.30. The molecule has 0 radical (unpaired) electrons. The average molecular weight is 275 g/mol. The van der Waals surface area contributed by atoms with Gasteiger partial charge in [-0.15, -0.1) is 0 Å². The van der Waals surface area contributed by atoms with Crippen LogP contribution in [0.4, 0.5) is 0 Å². The first-order valence-corrected chi connectivity index (χ1v) is 7.22. The first-order chi connectivity index (χ1) is 9.85. The van der Waals surface area contributed by atoms with Crippen LogP contribution in [0.1, 0.15) is 18.5 Å². The Morgan fingerprint density at radius 1 is 1.30 bits per heavy atom. The normalized spacial score (nSPS) is 17.9. The lowest BCUT2D eigenvalue weighted by molar-refractivity contribution is -0.00916. The van der Waals surface area contributed by atoms with Crippen molar-refractivity contribution < 1.29 is 9.84 Å². The Labute approximate surface area is 118 Å². The molecule has 0 saturated carbocycles. The summed E-state index contributed by atoms with van der Waals surface area (Å²) < 4.78 is 7.64. The van der Waals surface area contributed by atoms with Gasteiger partial charge in [0.2, 0.25) is 0 Å².